The summed E-state index contributed by atoms with van der Waals surface area (Å²) in [6.45, 7) is 0.434. The molecule has 1 saturated heterocycles. The van der Waals surface area contributed by atoms with E-state index in [4.69, 9.17) is 4.74 Å². The average Bonchev–Trinajstić information content (AvgIpc) is 2.28. The van der Waals surface area contributed by atoms with Gasteiger partial charge >= 0.3 is 5.97 Å². The molecule has 1 heterocycles. The van der Waals surface area contributed by atoms with Crippen LogP contribution in [0.15, 0.2) is 0 Å². The van der Waals surface area contributed by atoms with Gasteiger partial charge in [-0.25, -0.2) is 8.42 Å². The van der Waals surface area contributed by atoms with Crippen LogP contribution in [0.3, 0.4) is 0 Å². The van der Waals surface area contributed by atoms with E-state index in [1.54, 1.807) is 0 Å². The van der Waals surface area contributed by atoms with E-state index >= 15 is 0 Å². The number of rotatable bonds is 3. The number of hydrogen-bond donors (Lipinski definition) is 1. The number of carbonyl (C=O) groups excluding carboxylic acids is 1. The number of sulfone groups is 1. The molecule has 5 nitrogen and oxygen atoms in total. The Kier molecular flexibility index (Phi) is 4.61. The molecule has 2 aliphatic rings. The molecule has 1 unspecified atom stereocenters. The minimum Gasteiger partial charge on any atom is -0.462 e. The second-order valence-electron chi connectivity index (χ2n) is 5.22. The molecule has 0 spiro atoms. The van der Waals surface area contributed by atoms with Gasteiger partial charge in [0.05, 0.1) is 17.9 Å². The van der Waals surface area contributed by atoms with Crippen molar-refractivity contribution < 1.29 is 17.9 Å². The molecule has 18 heavy (non-hydrogen) atoms. The molecule has 6 heteroatoms. The summed E-state index contributed by atoms with van der Waals surface area (Å²) < 4.78 is 28.3. The SMILES string of the molecule is O=C(CC1CS(=O)(=O)CCN1)OC1CCCCC1. The highest BCUT2D eigenvalue weighted by Gasteiger charge is 2.27. The lowest BCUT2D eigenvalue weighted by Crippen LogP contribution is -2.46. The van der Waals surface area contributed by atoms with E-state index in [0.29, 0.717) is 6.54 Å². The van der Waals surface area contributed by atoms with Crippen molar-refractivity contribution in [2.45, 2.75) is 50.7 Å². The summed E-state index contributed by atoms with van der Waals surface area (Å²) in [5.74, 6) is -0.0509. The molecule has 1 aliphatic carbocycles. The fourth-order valence-corrected chi connectivity index (χ4v) is 4.06. The first-order chi connectivity index (χ1) is 8.55. The Bertz CT molecular complexity index is 387. The maximum atomic E-state index is 11.7. The van der Waals surface area contributed by atoms with E-state index in [0.717, 1.165) is 25.7 Å². The monoisotopic (exact) mass is 275 g/mol. The van der Waals surface area contributed by atoms with Crippen LogP contribution in [0.4, 0.5) is 0 Å². The summed E-state index contributed by atoms with van der Waals surface area (Å²) in [5.41, 5.74) is 0. The van der Waals surface area contributed by atoms with Crippen LogP contribution in [-0.2, 0) is 19.4 Å². The van der Waals surface area contributed by atoms with Crippen LogP contribution in [0.25, 0.3) is 0 Å². The molecule has 1 N–H and O–H groups in total. The molecule has 0 aromatic carbocycles. The number of carbonyl (C=O) groups is 1. The summed E-state index contributed by atoms with van der Waals surface area (Å²) in [6.07, 6.45) is 5.56. The Morgan fingerprint density at radius 2 is 1.94 bits per heavy atom. The Morgan fingerprint density at radius 3 is 2.61 bits per heavy atom. The van der Waals surface area contributed by atoms with E-state index in [2.05, 4.69) is 5.32 Å². The topological polar surface area (TPSA) is 72.5 Å². The molecule has 0 radical (unpaired) electrons. The Morgan fingerprint density at radius 1 is 1.22 bits per heavy atom. The summed E-state index contributed by atoms with van der Waals surface area (Å²) in [6, 6.07) is -0.278. The fourth-order valence-electron chi connectivity index (χ4n) is 2.62. The highest BCUT2D eigenvalue weighted by Crippen LogP contribution is 2.21. The zero-order valence-corrected chi connectivity index (χ0v) is 11.4. The maximum absolute atomic E-state index is 11.7. The first-order valence-electron chi connectivity index (χ1n) is 6.68. The van der Waals surface area contributed by atoms with Gasteiger partial charge in [-0.3, -0.25) is 4.79 Å². The number of ether oxygens (including phenoxy) is 1. The number of hydrogen-bond acceptors (Lipinski definition) is 5. The molecule has 1 saturated carbocycles. The minimum absolute atomic E-state index is 0.0476. The normalized spacial score (nSPS) is 28.8. The van der Waals surface area contributed by atoms with Crippen molar-refractivity contribution in [1.29, 1.82) is 0 Å². The zero-order chi connectivity index (χ0) is 13.0. The highest BCUT2D eigenvalue weighted by atomic mass is 32.2. The van der Waals surface area contributed by atoms with Crippen LogP contribution in [0, 0.1) is 0 Å². The first-order valence-corrected chi connectivity index (χ1v) is 8.50. The Balaban J connectivity index is 1.76. The van der Waals surface area contributed by atoms with Crippen molar-refractivity contribution in [2.24, 2.45) is 0 Å². The van der Waals surface area contributed by atoms with E-state index in [-0.39, 0.29) is 36.0 Å². The molecule has 0 aromatic heterocycles. The third kappa shape index (κ3) is 4.24. The van der Waals surface area contributed by atoms with Crippen LogP contribution < -0.4 is 5.32 Å². The standard InChI is InChI=1S/C12H21NO4S/c14-12(17-11-4-2-1-3-5-11)8-10-9-18(15,16)7-6-13-10/h10-11,13H,1-9H2. The van der Waals surface area contributed by atoms with E-state index in [9.17, 15) is 13.2 Å². The van der Waals surface area contributed by atoms with Crippen molar-refractivity contribution >= 4 is 15.8 Å². The van der Waals surface area contributed by atoms with Gasteiger partial charge in [-0.2, -0.15) is 0 Å². The van der Waals surface area contributed by atoms with Gasteiger partial charge in [0.1, 0.15) is 6.10 Å². The summed E-state index contributed by atoms with van der Waals surface area (Å²) >= 11 is 0. The third-order valence-corrected chi connectivity index (χ3v) is 5.30. The highest BCUT2D eigenvalue weighted by molar-refractivity contribution is 7.91. The van der Waals surface area contributed by atoms with Crippen LogP contribution in [0.2, 0.25) is 0 Å². The quantitative estimate of drug-likeness (QED) is 0.765. The van der Waals surface area contributed by atoms with Gasteiger partial charge in [-0.1, -0.05) is 6.42 Å². The van der Waals surface area contributed by atoms with Crippen LogP contribution in [-0.4, -0.2) is 44.6 Å². The fraction of sp³-hybridized carbons (Fsp3) is 0.917. The van der Waals surface area contributed by atoms with Crippen molar-refractivity contribution in [3.05, 3.63) is 0 Å². The largest absolute Gasteiger partial charge is 0.462 e. The summed E-state index contributed by atoms with van der Waals surface area (Å²) in [7, 11) is -2.98. The smallest absolute Gasteiger partial charge is 0.307 e. The lowest BCUT2D eigenvalue weighted by Gasteiger charge is -2.25. The lowest BCUT2D eigenvalue weighted by molar-refractivity contribution is -0.150. The second-order valence-corrected chi connectivity index (χ2v) is 7.45. The number of nitrogens with one attached hydrogen (secondary N) is 1. The van der Waals surface area contributed by atoms with Gasteiger partial charge in [0.2, 0.25) is 0 Å². The molecule has 0 amide bonds. The molecular formula is C12H21NO4S. The molecule has 104 valence electrons. The molecule has 1 aliphatic heterocycles. The molecule has 0 aromatic rings. The van der Waals surface area contributed by atoms with E-state index in [1.807, 2.05) is 0 Å². The molecule has 0 bridgehead atoms. The predicted octanol–water partition coefficient (Wildman–Crippen LogP) is 0.639. The van der Waals surface area contributed by atoms with Gasteiger partial charge in [-0.15, -0.1) is 0 Å². The van der Waals surface area contributed by atoms with Gasteiger partial charge in [-0.05, 0) is 25.7 Å². The van der Waals surface area contributed by atoms with Crippen molar-refractivity contribution in [3.8, 4) is 0 Å². The van der Waals surface area contributed by atoms with Crippen LogP contribution >= 0.6 is 0 Å². The number of esters is 1. The average molecular weight is 275 g/mol. The van der Waals surface area contributed by atoms with Gasteiger partial charge < -0.3 is 10.1 Å². The van der Waals surface area contributed by atoms with Crippen LogP contribution in [0.1, 0.15) is 38.5 Å². The van der Waals surface area contributed by atoms with Gasteiger partial charge in [0, 0.05) is 12.6 Å². The third-order valence-electron chi connectivity index (χ3n) is 3.56. The van der Waals surface area contributed by atoms with Crippen molar-refractivity contribution in [3.63, 3.8) is 0 Å². The Hall–Kier alpha value is -0.620. The van der Waals surface area contributed by atoms with Crippen LogP contribution in [0.5, 0.6) is 0 Å². The van der Waals surface area contributed by atoms with E-state index in [1.165, 1.54) is 6.42 Å². The molecule has 1 atom stereocenters. The summed E-state index contributed by atoms with van der Waals surface area (Å²) in [4.78, 5) is 11.7. The lowest BCUT2D eigenvalue weighted by atomic mass is 9.98. The summed E-state index contributed by atoms with van der Waals surface area (Å²) in [5, 5.41) is 3.06. The molecule has 2 fully saturated rings. The molecular weight excluding hydrogens is 254 g/mol. The molecule has 2 rings (SSSR count). The second kappa shape index (κ2) is 6.02. The van der Waals surface area contributed by atoms with Crippen molar-refractivity contribution in [1.82, 2.24) is 5.32 Å². The predicted molar refractivity (Wildman–Crippen MR) is 68.0 cm³/mol. The zero-order valence-electron chi connectivity index (χ0n) is 10.6. The van der Waals surface area contributed by atoms with E-state index < -0.39 is 9.84 Å². The van der Waals surface area contributed by atoms with Gasteiger partial charge in [0.25, 0.3) is 0 Å². The Labute approximate surface area is 108 Å². The minimum atomic E-state index is -2.98. The van der Waals surface area contributed by atoms with Gasteiger partial charge in [0.15, 0.2) is 9.84 Å². The first kappa shape index (κ1) is 13.8. The van der Waals surface area contributed by atoms with Crippen molar-refractivity contribution in [2.75, 3.05) is 18.1 Å². The maximum Gasteiger partial charge on any atom is 0.307 e.